The quantitative estimate of drug-likeness (QED) is 0.756. The minimum Gasteiger partial charge on any atom is -0.353 e. The molecule has 0 aromatic heterocycles. The van der Waals surface area contributed by atoms with E-state index in [1.165, 1.54) is 6.42 Å². The monoisotopic (exact) mass is 271 g/mol. The van der Waals surface area contributed by atoms with Crippen molar-refractivity contribution < 1.29 is 14.3 Å². The third-order valence-corrected chi connectivity index (χ3v) is 4.29. The van der Waals surface area contributed by atoms with Gasteiger partial charge in [-0.05, 0) is 31.1 Å². The van der Waals surface area contributed by atoms with E-state index in [4.69, 9.17) is 9.47 Å². The first kappa shape index (κ1) is 16.4. The average Bonchev–Trinajstić information content (AvgIpc) is 2.37. The fourth-order valence-electron chi connectivity index (χ4n) is 3.08. The van der Waals surface area contributed by atoms with Crippen molar-refractivity contribution in [1.82, 2.24) is 5.32 Å². The Hall–Kier alpha value is -0.610. The van der Waals surface area contributed by atoms with E-state index < -0.39 is 5.79 Å². The lowest BCUT2D eigenvalue weighted by Crippen LogP contribution is -2.43. The van der Waals surface area contributed by atoms with Gasteiger partial charge in [0.05, 0.1) is 0 Å². The molecule has 1 aliphatic carbocycles. The minimum absolute atomic E-state index is 0.0549. The van der Waals surface area contributed by atoms with Crippen molar-refractivity contribution in [2.75, 3.05) is 14.2 Å². The third kappa shape index (κ3) is 4.77. The molecule has 1 amide bonds. The van der Waals surface area contributed by atoms with Crippen LogP contribution in [0.2, 0.25) is 0 Å². The molecule has 1 unspecified atom stereocenters. The second-order valence-corrected chi connectivity index (χ2v) is 6.07. The van der Waals surface area contributed by atoms with Crippen LogP contribution in [-0.2, 0) is 14.3 Å². The number of methoxy groups -OCH3 is 2. The summed E-state index contributed by atoms with van der Waals surface area (Å²) in [6.45, 7) is 5.90. The van der Waals surface area contributed by atoms with Crippen LogP contribution in [0.3, 0.4) is 0 Å². The van der Waals surface area contributed by atoms with Gasteiger partial charge < -0.3 is 14.8 Å². The van der Waals surface area contributed by atoms with Gasteiger partial charge in [0.2, 0.25) is 5.91 Å². The molecule has 1 saturated carbocycles. The molecule has 0 aromatic rings. The Kier molecular flexibility index (Phi) is 6.27. The second kappa shape index (κ2) is 7.25. The maximum absolute atomic E-state index is 11.3. The standard InChI is InChI=1S/C15H29NO3/c1-11(2)14(16-12(3)17)9-13-7-6-8-15(10-13,18-4)19-5/h11,13-14H,6-10H2,1-5H3,(H,16,17)/t13-,14?/m1/s1. The van der Waals surface area contributed by atoms with Crippen molar-refractivity contribution in [2.24, 2.45) is 11.8 Å². The predicted octanol–water partition coefficient (Wildman–Crippen LogP) is 2.72. The molecular weight excluding hydrogens is 242 g/mol. The van der Waals surface area contributed by atoms with Crippen LogP contribution in [0.25, 0.3) is 0 Å². The molecule has 0 heterocycles. The zero-order valence-electron chi connectivity index (χ0n) is 13.0. The summed E-state index contributed by atoms with van der Waals surface area (Å²) in [7, 11) is 3.44. The highest BCUT2D eigenvalue weighted by Gasteiger charge is 2.37. The first-order valence-electron chi connectivity index (χ1n) is 7.30. The molecule has 19 heavy (non-hydrogen) atoms. The fourth-order valence-corrected chi connectivity index (χ4v) is 3.08. The van der Waals surface area contributed by atoms with E-state index in [9.17, 15) is 4.79 Å². The summed E-state index contributed by atoms with van der Waals surface area (Å²) >= 11 is 0. The Morgan fingerprint density at radius 1 is 1.37 bits per heavy atom. The first-order chi connectivity index (χ1) is 8.92. The van der Waals surface area contributed by atoms with Crippen molar-refractivity contribution >= 4 is 5.91 Å². The number of hydrogen-bond donors (Lipinski definition) is 1. The van der Waals surface area contributed by atoms with Crippen molar-refractivity contribution in [2.45, 2.75) is 64.7 Å². The van der Waals surface area contributed by atoms with Crippen LogP contribution in [0.1, 0.15) is 52.9 Å². The van der Waals surface area contributed by atoms with Crippen molar-refractivity contribution in [3.63, 3.8) is 0 Å². The highest BCUT2D eigenvalue weighted by atomic mass is 16.7. The molecular formula is C15H29NO3. The lowest BCUT2D eigenvalue weighted by atomic mass is 9.79. The molecule has 1 aliphatic rings. The Morgan fingerprint density at radius 3 is 2.47 bits per heavy atom. The maximum Gasteiger partial charge on any atom is 0.217 e. The van der Waals surface area contributed by atoms with Crippen molar-refractivity contribution in [3.8, 4) is 0 Å². The smallest absolute Gasteiger partial charge is 0.217 e. The molecule has 1 rings (SSSR count). The molecule has 4 heteroatoms. The molecule has 0 bridgehead atoms. The van der Waals surface area contributed by atoms with E-state index in [2.05, 4.69) is 19.2 Å². The third-order valence-electron chi connectivity index (χ3n) is 4.29. The maximum atomic E-state index is 11.3. The normalized spacial score (nSPS) is 24.2. The van der Waals surface area contributed by atoms with Gasteiger partial charge >= 0.3 is 0 Å². The van der Waals surface area contributed by atoms with Gasteiger partial charge in [0.25, 0.3) is 0 Å². The molecule has 112 valence electrons. The zero-order chi connectivity index (χ0) is 14.5. The van der Waals surface area contributed by atoms with E-state index in [0.717, 1.165) is 25.7 Å². The molecule has 1 fully saturated rings. The SMILES string of the molecule is COC1(OC)CCC[C@H](CC(NC(C)=O)C(C)C)C1. The van der Waals surface area contributed by atoms with Gasteiger partial charge in [-0.2, -0.15) is 0 Å². The number of hydrogen-bond acceptors (Lipinski definition) is 3. The largest absolute Gasteiger partial charge is 0.353 e. The van der Waals surface area contributed by atoms with E-state index in [-0.39, 0.29) is 11.9 Å². The van der Waals surface area contributed by atoms with Crippen molar-refractivity contribution in [1.29, 1.82) is 0 Å². The predicted molar refractivity (Wildman–Crippen MR) is 75.8 cm³/mol. The highest BCUT2D eigenvalue weighted by Crippen LogP contribution is 2.38. The number of amides is 1. The Bertz CT molecular complexity index is 287. The summed E-state index contributed by atoms with van der Waals surface area (Å²) in [5, 5.41) is 3.07. The second-order valence-electron chi connectivity index (χ2n) is 6.07. The topological polar surface area (TPSA) is 47.6 Å². The molecule has 0 spiro atoms. The van der Waals surface area contributed by atoms with Gasteiger partial charge in [-0.25, -0.2) is 0 Å². The lowest BCUT2D eigenvalue weighted by molar-refractivity contribution is -0.232. The Morgan fingerprint density at radius 2 is 2.00 bits per heavy atom. The zero-order valence-corrected chi connectivity index (χ0v) is 13.0. The number of rotatable bonds is 6. The Balaban J connectivity index is 2.61. The van der Waals surface area contributed by atoms with Crippen LogP contribution in [-0.4, -0.2) is 32.0 Å². The molecule has 0 aromatic carbocycles. The van der Waals surface area contributed by atoms with Crippen LogP contribution in [0.15, 0.2) is 0 Å². The summed E-state index contributed by atoms with van der Waals surface area (Å²) in [5.41, 5.74) is 0. The summed E-state index contributed by atoms with van der Waals surface area (Å²) < 4.78 is 11.1. The van der Waals surface area contributed by atoms with Gasteiger partial charge in [0.15, 0.2) is 5.79 Å². The molecule has 0 aliphatic heterocycles. The number of carbonyl (C=O) groups excluding carboxylic acids is 1. The molecule has 4 nitrogen and oxygen atoms in total. The van der Waals surface area contributed by atoms with Crippen LogP contribution in [0.4, 0.5) is 0 Å². The van der Waals surface area contributed by atoms with Gasteiger partial charge in [-0.3, -0.25) is 4.79 Å². The minimum atomic E-state index is -0.416. The fraction of sp³-hybridized carbons (Fsp3) is 0.933. The van der Waals surface area contributed by atoms with Gasteiger partial charge in [-0.1, -0.05) is 13.8 Å². The molecule has 1 N–H and O–H groups in total. The number of carbonyl (C=O) groups is 1. The molecule has 0 saturated heterocycles. The average molecular weight is 271 g/mol. The number of nitrogens with one attached hydrogen (secondary N) is 1. The Labute approximate surface area is 117 Å². The first-order valence-corrected chi connectivity index (χ1v) is 7.30. The van der Waals surface area contributed by atoms with Crippen molar-refractivity contribution in [3.05, 3.63) is 0 Å². The summed E-state index contributed by atoms with van der Waals surface area (Å²) in [6, 6.07) is 0.243. The van der Waals surface area contributed by atoms with Gasteiger partial charge in [0.1, 0.15) is 0 Å². The lowest BCUT2D eigenvalue weighted by Gasteiger charge is -2.40. The molecule has 0 radical (unpaired) electrons. The highest BCUT2D eigenvalue weighted by molar-refractivity contribution is 5.73. The van der Waals surface area contributed by atoms with Gasteiger partial charge in [0, 0.05) is 40.0 Å². The summed E-state index contributed by atoms with van der Waals surface area (Å²) in [5.74, 6) is 0.637. The van der Waals surface area contributed by atoms with Crippen LogP contribution >= 0.6 is 0 Å². The van der Waals surface area contributed by atoms with Crippen LogP contribution in [0.5, 0.6) is 0 Å². The molecule has 2 atom stereocenters. The van der Waals surface area contributed by atoms with E-state index in [1.807, 2.05) is 0 Å². The van der Waals surface area contributed by atoms with Crippen LogP contribution < -0.4 is 5.32 Å². The van der Waals surface area contributed by atoms with E-state index in [1.54, 1.807) is 21.1 Å². The number of ether oxygens (including phenoxy) is 2. The summed E-state index contributed by atoms with van der Waals surface area (Å²) in [6.07, 6.45) is 5.20. The van der Waals surface area contributed by atoms with E-state index in [0.29, 0.717) is 11.8 Å². The van der Waals surface area contributed by atoms with Crippen LogP contribution in [0, 0.1) is 11.8 Å². The van der Waals surface area contributed by atoms with E-state index >= 15 is 0 Å². The van der Waals surface area contributed by atoms with Gasteiger partial charge in [-0.15, -0.1) is 0 Å². The summed E-state index contributed by atoms with van der Waals surface area (Å²) in [4.78, 5) is 11.3.